The van der Waals surface area contributed by atoms with Gasteiger partial charge in [0, 0.05) is 24.7 Å². The lowest BCUT2D eigenvalue weighted by atomic mass is 10.1. The van der Waals surface area contributed by atoms with Gasteiger partial charge in [-0.05, 0) is 61.7 Å². The van der Waals surface area contributed by atoms with Crippen LogP contribution in [0, 0.1) is 0 Å². The molecule has 0 radical (unpaired) electrons. The molecule has 1 amide bonds. The fraction of sp³-hybridized carbons (Fsp3) is 0.381. The number of amides is 1. The molecule has 1 aliphatic heterocycles. The molecule has 0 unspecified atom stereocenters. The van der Waals surface area contributed by atoms with E-state index in [0.717, 1.165) is 30.6 Å². The van der Waals surface area contributed by atoms with Crippen LogP contribution in [0.2, 0.25) is 0 Å². The number of nitrogens with zero attached hydrogens (tertiary/aromatic N) is 1. The molecule has 0 saturated carbocycles. The first-order chi connectivity index (χ1) is 13.4. The quantitative estimate of drug-likeness (QED) is 0.805. The van der Waals surface area contributed by atoms with Crippen molar-refractivity contribution in [3.05, 3.63) is 59.7 Å². The van der Waals surface area contributed by atoms with Crippen LogP contribution in [0.15, 0.2) is 53.4 Å². The van der Waals surface area contributed by atoms with Gasteiger partial charge in [0.05, 0.1) is 12.0 Å². The minimum absolute atomic E-state index is 0.00425. The predicted molar refractivity (Wildman–Crippen MR) is 108 cm³/mol. The van der Waals surface area contributed by atoms with E-state index < -0.39 is 10.0 Å². The van der Waals surface area contributed by atoms with E-state index in [1.807, 2.05) is 31.2 Å². The number of hydrogen-bond donors (Lipinski definition) is 1. The summed E-state index contributed by atoms with van der Waals surface area (Å²) in [6, 6.07) is 13.6. The summed E-state index contributed by atoms with van der Waals surface area (Å²) in [5, 5.41) is 2.84. The van der Waals surface area contributed by atoms with E-state index >= 15 is 0 Å². The SMILES string of the molecule is COc1cccc(CNC(=O)c2ccc(S(=O)(=O)N3CCCC[C@@H]3C)cc2)c1. The molecule has 0 spiro atoms. The molecule has 28 heavy (non-hydrogen) atoms. The van der Waals surface area contributed by atoms with Crippen molar-refractivity contribution in [2.45, 2.75) is 43.7 Å². The third-order valence-electron chi connectivity index (χ3n) is 5.05. The highest BCUT2D eigenvalue weighted by Gasteiger charge is 2.30. The summed E-state index contributed by atoms with van der Waals surface area (Å²) < 4.78 is 32.5. The molecule has 0 bridgehead atoms. The summed E-state index contributed by atoms with van der Waals surface area (Å²) in [4.78, 5) is 12.6. The summed E-state index contributed by atoms with van der Waals surface area (Å²) in [7, 11) is -1.93. The van der Waals surface area contributed by atoms with Crippen molar-refractivity contribution >= 4 is 15.9 Å². The maximum Gasteiger partial charge on any atom is 0.251 e. The lowest BCUT2D eigenvalue weighted by molar-refractivity contribution is 0.0950. The van der Waals surface area contributed by atoms with Crippen LogP contribution in [-0.4, -0.2) is 38.3 Å². The van der Waals surface area contributed by atoms with Crippen LogP contribution in [-0.2, 0) is 16.6 Å². The number of sulfonamides is 1. The molecule has 2 aromatic rings. The first-order valence-corrected chi connectivity index (χ1v) is 10.9. The largest absolute Gasteiger partial charge is 0.497 e. The minimum Gasteiger partial charge on any atom is -0.497 e. The summed E-state index contributed by atoms with van der Waals surface area (Å²) >= 11 is 0. The fourth-order valence-electron chi connectivity index (χ4n) is 3.41. The van der Waals surface area contributed by atoms with Crippen molar-refractivity contribution < 1.29 is 17.9 Å². The summed E-state index contributed by atoms with van der Waals surface area (Å²) in [6.07, 6.45) is 2.82. The Hall–Kier alpha value is -2.38. The Kier molecular flexibility index (Phi) is 6.36. The van der Waals surface area contributed by atoms with Crippen molar-refractivity contribution in [2.24, 2.45) is 0 Å². The molecule has 6 nitrogen and oxygen atoms in total. The number of methoxy groups -OCH3 is 1. The van der Waals surface area contributed by atoms with Gasteiger partial charge in [0.2, 0.25) is 10.0 Å². The Morgan fingerprint density at radius 1 is 1.18 bits per heavy atom. The van der Waals surface area contributed by atoms with E-state index in [1.165, 1.54) is 12.1 Å². The molecule has 1 fully saturated rings. The van der Waals surface area contributed by atoms with E-state index in [1.54, 1.807) is 23.5 Å². The first-order valence-electron chi connectivity index (χ1n) is 9.45. The smallest absolute Gasteiger partial charge is 0.251 e. The van der Waals surface area contributed by atoms with Crippen LogP contribution in [0.1, 0.15) is 42.1 Å². The van der Waals surface area contributed by atoms with Gasteiger partial charge in [0.25, 0.3) is 5.91 Å². The summed E-state index contributed by atoms with van der Waals surface area (Å²) in [6.45, 7) is 2.85. The number of hydrogen-bond acceptors (Lipinski definition) is 4. The van der Waals surface area contributed by atoms with Gasteiger partial charge in [0.1, 0.15) is 5.75 Å². The molecular formula is C21H26N2O4S. The summed E-state index contributed by atoms with van der Waals surface area (Å²) in [5.41, 5.74) is 1.35. The molecule has 3 rings (SSSR count). The number of rotatable bonds is 6. The maximum atomic E-state index is 12.9. The van der Waals surface area contributed by atoms with E-state index in [2.05, 4.69) is 5.32 Å². The number of benzene rings is 2. The van der Waals surface area contributed by atoms with Crippen LogP contribution in [0.3, 0.4) is 0 Å². The average molecular weight is 403 g/mol. The standard InChI is InChI=1S/C21H26N2O4S/c1-16-6-3-4-13-23(16)28(25,26)20-11-9-18(10-12-20)21(24)22-15-17-7-5-8-19(14-17)27-2/h5,7-12,14,16H,3-4,6,13,15H2,1-2H3,(H,22,24)/t16-/m0/s1. The Balaban J connectivity index is 1.67. The highest BCUT2D eigenvalue weighted by atomic mass is 32.2. The van der Waals surface area contributed by atoms with Crippen LogP contribution in [0.5, 0.6) is 5.75 Å². The molecule has 150 valence electrons. The normalized spacial score (nSPS) is 17.9. The zero-order chi connectivity index (χ0) is 20.1. The number of nitrogens with one attached hydrogen (secondary N) is 1. The number of piperidine rings is 1. The van der Waals surface area contributed by atoms with Gasteiger partial charge in [-0.1, -0.05) is 18.6 Å². The molecule has 0 aliphatic carbocycles. The van der Waals surface area contributed by atoms with Gasteiger partial charge in [-0.15, -0.1) is 0 Å². The van der Waals surface area contributed by atoms with Gasteiger partial charge < -0.3 is 10.1 Å². The van der Waals surface area contributed by atoms with Gasteiger partial charge in [-0.2, -0.15) is 4.31 Å². The molecule has 1 atom stereocenters. The predicted octanol–water partition coefficient (Wildman–Crippen LogP) is 3.19. The van der Waals surface area contributed by atoms with Crippen LogP contribution in [0.4, 0.5) is 0 Å². The van der Waals surface area contributed by atoms with Crippen LogP contribution in [0.25, 0.3) is 0 Å². The van der Waals surface area contributed by atoms with Gasteiger partial charge >= 0.3 is 0 Å². The second-order valence-corrected chi connectivity index (χ2v) is 8.91. The monoisotopic (exact) mass is 402 g/mol. The molecule has 1 N–H and O–H groups in total. The van der Waals surface area contributed by atoms with Crippen molar-refractivity contribution in [3.63, 3.8) is 0 Å². The second-order valence-electron chi connectivity index (χ2n) is 7.02. The first kappa shape index (κ1) is 20.4. The molecule has 1 saturated heterocycles. The van der Waals surface area contributed by atoms with Crippen molar-refractivity contribution in [3.8, 4) is 5.75 Å². The molecular weight excluding hydrogens is 376 g/mol. The average Bonchev–Trinajstić information content (AvgIpc) is 2.72. The van der Waals surface area contributed by atoms with Gasteiger partial charge in [-0.25, -0.2) is 8.42 Å². The van der Waals surface area contributed by atoms with Gasteiger partial charge in [-0.3, -0.25) is 4.79 Å². The Morgan fingerprint density at radius 3 is 2.61 bits per heavy atom. The van der Waals surface area contributed by atoms with E-state index in [9.17, 15) is 13.2 Å². The molecule has 1 aliphatic rings. The van der Waals surface area contributed by atoms with Crippen LogP contribution < -0.4 is 10.1 Å². The highest BCUT2D eigenvalue weighted by Crippen LogP contribution is 2.25. The zero-order valence-electron chi connectivity index (χ0n) is 16.2. The Bertz CT molecular complexity index is 926. The van der Waals surface area contributed by atoms with Crippen molar-refractivity contribution in [1.82, 2.24) is 9.62 Å². The van der Waals surface area contributed by atoms with Crippen LogP contribution >= 0.6 is 0 Å². The van der Waals surface area contributed by atoms with Crippen molar-refractivity contribution in [2.75, 3.05) is 13.7 Å². The van der Waals surface area contributed by atoms with E-state index in [-0.39, 0.29) is 16.8 Å². The molecule has 1 heterocycles. The maximum absolute atomic E-state index is 12.9. The minimum atomic E-state index is -3.53. The van der Waals surface area contributed by atoms with Gasteiger partial charge in [0.15, 0.2) is 0 Å². The third kappa shape index (κ3) is 4.54. The Labute approximate surface area is 166 Å². The topological polar surface area (TPSA) is 75.7 Å². The lowest BCUT2D eigenvalue weighted by Gasteiger charge is -2.32. The third-order valence-corrected chi connectivity index (χ3v) is 7.08. The van der Waals surface area contributed by atoms with E-state index in [4.69, 9.17) is 4.74 Å². The fourth-order valence-corrected chi connectivity index (χ4v) is 5.11. The Morgan fingerprint density at radius 2 is 1.93 bits per heavy atom. The second kappa shape index (κ2) is 8.75. The summed E-state index contributed by atoms with van der Waals surface area (Å²) in [5.74, 6) is 0.478. The van der Waals surface area contributed by atoms with Crippen molar-refractivity contribution in [1.29, 1.82) is 0 Å². The zero-order valence-corrected chi connectivity index (χ0v) is 17.0. The molecule has 7 heteroatoms. The number of ether oxygens (including phenoxy) is 1. The molecule has 2 aromatic carbocycles. The lowest BCUT2D eigenvalue weighted by Crippen LogP contribution is -2.41. The molecule has 0 aromatic heterocycles. The number of carbonyl (C=O) groups is 1. The highest BCUT2D eigenvalue weighted by molar-refractivity contribution is 7.89. The number of carbonyl (C=O) groups excluding carboxylic acids is 1. The van der Waals surface area contributed by atoms with E-state index in [0.29, 0.717) is 18.7 Å².